The van der Waals surface area contributed by atoms with Crippen LogP contribution in [0.25, 0.3) is 0 Å². The molecule has 3 N–H and O–H groups in total. The fraction of sp³-hybridized carbons (Fsp3) is 0.593. The largest absolute Gasteiger partial charge is 0.507 e. The lowest BCUT2D eigenvalue weighted by Gasteiger charge is -2.33. The normalized spacial score (nSPS) is 16.1. The maximum absolute atomic E-state index is 13.7. The minimum Gasteiger partial charge on any atom is -0.507 e. The number of nitrogens with zero attached hydrogens (tertiary/aromatic N) is 1. The highest BCUT2D eigenvalue weighted by Gasteiger charge is 2.39. The fourth-order valence-corrected chi connectivity index (χ4v) is 4.19. The van der Waals surface area contributed by atoms with E-state index in [1.54, 1.807) is 59.7 Å². The van der Waals surface area contributed by atoms with E-state index in [0.29, 0.717) is 5.56 Å². The van der Waals surface area contributed by atoms with Crippen LogP contribution in [-0.4, -0.2) is 45.6 Å². The molecule has 35 heavy (non-hydrogen) atoms. The summed E-state index contributed by atoms with van der Waals surface area (Å²) in [6.07, 6.45) is 9.86. The summed E-state index contributed by atoms with van der Waals surface area (Å²) in [5.41, 5.74) is 0.0232. The molecule has 1 aromatic rings. The average molecular weight is 486 g/mol. The van der Waals surface area contributed by atoms with Crippen LogP contribution in [0, 0.1) is 25.3 Å². The predicted octanol–water partition coefficient (Wildman–Crippen LogP) is 4.16. The van der Waals surface area contributed by atoms with Crippen molar-refractivity contribution < 1.29 is 24.2 Å². The van der Waals surface area contributed by atoms with Gasteiger partial charge >= 0.3 is 6.09 Å². The number of nitrogens with one attached hydrogen (secondary N) is 2. The molecule has 1 aromatic carbocycles. The van der Waals surface area contributed by atoms with Gasteiger partial charge in [-0.2, -0.15) is 0 Å². The van der Waals surface area contributed by atoms with Crippen LogP contribution in [0.2, 0.25) is 0 Å². The van der Waals surface area contributed by atoms with Gasteiger partial charge in [0.05, 0.1) is 0 Å². The summed E-state index contributed by atoms with van der Waals surface area (Å²) in [5.74, 6) is -1.56. The zero-order chi connectivity index (χ0) is 26.3. The van der Waals surface area contributed by atoms with Crippen molar-refractivity contribution in [3.8, 4) is 18.2 Å². The first-order chi connectivity index (χ1) is 16.4. The molecular formula is C27H39N3O5. The van der Waals surface area contributed by atoms with Gasteiger partial charge in [-0.25, -0.2) is 4.79 Å². The molecule has 8 heteroatoms. The Kier molecular flexibility index (Phi) is 9.58. The monoisotopic (exact) mass is 485 g/mol. The second kappa shape index (κ2) is 12.0. The SMILES string of the molecule is C#CN(C(=O)C(NC(=O)OC(C)(C)C)C(C)C)C(C(=O)NC1CCCCC1)c1cccc(C)c1O. The number of carbonyl (C=O) groups is 3. The predicted molar refractivity (Wildman–Crippen MR) is 134 cm³/mol. The minimum atomic E-state index is -1.27. The summed E-state index contributed by atoms with van der Waals surface area (Å²) in [6.45, 7) is 10.4. The van der Waals surface area contributed by atoms with Crippen molar-refractivity contribution in [3.05, 3.63) is 29.3 Å². The summed E-state index contributed by atoms with van der Waals surface area (Å²) >= 11 is 0. The van der Waals surface area contributed by atoms with Crippen LogP contribution in [0.15, 0.2) is 18.2 Å². The van der Waals surface area contributed by atoms with Gasteiger partial charge in [-0.05, 0) is 52.0 Å². The van der Waals surface area contributed by atoms with Crippen molar-refractivity contribution >= 4 is 17.9 Å². The Morgan fingerprint density at radius 3 is 2.34 bits per heavy atom. The number of phenolic OH excluding ortho intramolecular Hbond substituents is 1. The summed E-state index contributed by atoms with van der Waals surface area (Å²) in [7, 11) is 0. The van der Waals surface area contributed by atoms with Crippen LogP contribution >= 0.6 is 0 Å². The lowest BCUT2D eigenvalue weighted by molar-refractivity contribution is -0.139. The van der Waals surface area contributed by atoms with E-state index in [-0.39, 0.29) is 23.3 Å². The number of aromatic hydroxyl groups is 1. The summed E-state index contributed by atoms with van der Waals surface area (Å²) < 4.78 is 5.32. The summed E-state index contributed by atoms with van der Waals surface area (Å²) in [5, 5.41) is 16.4. The van der Waals surface area contributed by atoms with Crippen molar-refractivity contribution in [2.45, 2.75) is 97.4 Å². The van der Waals surface area contributed by atoms with Crippen LogP contribution in [0.5, 0.6) is 5.75 Å². The highest BCUT2D eigenvalue weighted by molar-refractivity contribution is 5.94. The van der Waals surface area contributed by atoms with Crippen molar-refractivity contribution in [2.24, 2.45) is 5.92 Å². The van der Waals surface area contributed by atoms with Crippen LogP contribution in [-0.2, 0) is 14.3 Å². The van der Waals surface area contributed by atoms with Gasteiger partial charge in [0.25, 0.3) is 5.91 Å². The number of hydrogen-bond acceptors (Lipinski definition) is 5. The van der Waals surface area contributed by atoms with E-state index >= 15 is 0 Å². The second-order valence-corrected chi connectivity index (χ2v) is 10.5. The van der Waals surface area contributed by atoms with Crippen LogP contribution in [0.3, 0.4) is 0 Å². The Hall–Kier alpha value is -3.21. The molecule has 0 aliphatic heterocycles. The Morgan fingerprint density at radius 2 is 1.80 bits per heavy atom. The van der Waals surface area contributed by atoms with Crippen LogP contribution < -0.4 is 10.6 Å². The molecule has 0 bridgehead atoms. The van der Waals surface area contributed by atoms with E-state index in [9.17, 15) is 19.5 Å². The first-order valence-corrected chi connectivity index (χ1v) is 12.2. The number of amides is 3. The van der Waals surface area contributed by atoms with E-state index in [2.05, 4.69) is 16.7 Å². The zero-order valence-corrected chi connectivity index (χ0v) is 21.7. The number of hydrogen-bond donors (Lipinski definition) is 3. The molecule has 2 rings (SSSR count). The molecule has 1 aliphatic rings. The average Bonchev–Trinajstić information content (AvgIpc) is 2.77. The Morgan fingerprint density at radius 1 is 1.17 bits per heavy atom. The van der Waals surface area contributed by atoms with Crippen LogP contribution in [0.4, 0.5) is 4.79 Å². The number of carbonyl (C=O) groups excluding carboxylic acids is 3. The van der Waals surface area contributed by atoms with Gasteiger partial charge in [-0.3, -0.25) is 14.5 Å². The van der Waals surface area contributed by atoms with Crippen molar-refractivity contribution in [2.75, 3.05) is 0 Å². The standard InChI is InChI=1S/C27H39N3O5/c1-8-30(25(33)21(17(2)3)29-26(34)35-27(5,6)7)22(20-16-12-13-18(4)23(20)31)24(32)28-19-14-10-9-11-15-19/h1,12-13,16-17,19,21-22,31H,9-11,14-15H2,2-7H3,(H,28,32)(H,29,34). The number of ether oxygens (including phenoxy) is 1. The van der Waals surface area contributed by atoms with E-state index < -0.39 is 35.6 Å². The molecule has 0 heterocycles. The third-order valence-electron chi connectivity index (χ3n) is 6.00. The molecule has 2 atom stereocenters. The number of alkyl carbamates (subject to hydrolysis) is 1. The van der Waals surface area contributed by atoms with E-state index in [0.717, 1.165) is 37.0 Å². The van der Waals surface area contributed by atoms with Gasteiger partial charge in [0, 0.05) is 17.6 Å². The first-order valence-electron chi connectivity index (χ1n) is 12.2. The van der Waals surface area contributed by atoms with Gasteiger partial charge in [-0.15, -0.1) is 0 Å². The van der Waals surface area contributed by atoms with E-state index in [1.807, 2.05) is 0 Å². The molecule has 3 amide bonds. The van der Waals surface area contributed by atoms with Crippen molar-refractivity contribution in [3.63, 3.8) is 0 Å². The van der Waals surface area contributed by atoms with E-state index in [4.69, 9.17) is 11.2 Å². The van der Waals surface area contributed by atoms with Gasteiger partial charge < -0.3 is 20.5 Å². The minimum absolute atomic E-state index is 0.0267. The molecule has 2 unspecified atom stereocenters. The topological polar surface area (TPSA) is 108 Å². The number of para-hydroxylation sites is 1. The van der Waals surface area contributed by atoms with Gasteiger partial charge in [-0.1, -0.05) is 57.7 Å². The molecule has 1 saturated carbocycles. The van der Waals surface area contributed by atoms with Crippen molar-refractivity contribution in [1.82, 2.24) is 15.5 Å². The van der Waals surface area contributed by atoms with Gasteiger partial charge in [0.1, 0.15) is 17.4 Å². The van der Waals surface area contributed by atoms with Gasteiger partial charge in [0.15, 0.2) is 6.04 Å². The molecule has 0 saturated heterocycles. The maximum atomic E-state index is 13.7. The molecule has 0 spiro atoms. The number of rotatable bonds is 7. The molecule has 1 fully saturated rings. The third-order valence-corrected chi connectivity index (χ3v) is 6.00. The van der Waals surface area contributed by atoms with Crippen LogP contribution in [0.1, 0.15) is 83.9 Å². The number of phenols is 1. The lowest BCUT2D eigenvalue weighted by Crippen LogP contribution is -2.54. The molecule has 0 radical (unpaired) electrons. The molecule has 8 nitrogen and oxygen atoms in total. The van der Waals surface area contributed by atoms with E-state index in [1.165, 1.54) is 0 Å². The Balaban J connectivity index is 2.43. The number of terminal acetylenes is 1. The number of benzene rings is 1. The molecule has 0 aromatic heterocycles. The zero-order valence-electron chi connectivity index (χ0n) is 21.7. The first kappa shape index (κ1) is 28.0. The highest BCUT2D eigenvalue weighted by Crippen LogP contribution is 2.33. The van der Waals surface area contributed by atoms with Crippen molar-refractivity contribution in [1.29, 1.82) is 0 Å². The lowest BCUT2D eigenvalue weighted by atomic mass is 9.94. The molecular weight excluding hydrogens is 446 g/mol. The second-order valence-electron chi connectivity index (χ2n) is 10.5. The maximum Gasteiger partial charge on any atom is 0.408 e. The number of aryl methyl sites for hydroxylation is 1. The highest BCUT2D eigenvalue weighted by atomic mass is 16.6. The summed E-state index contributed by atoms with van der Waals surface area (Å²) in [4.78, 5) is 40.7. The molecule has 1 aliphatic carbocycles. The van der Waals surface area contributed by atoms with Gasteiger partial charge in [0.2, 0.25) is 5.91 Å². The third kappa shape index (κ3) is 7.64. The Bertz CT molecular complexity index is 955. The smallest absolute Gasteiger partial charge is 0.408 e. The summed E-state index contributed by atoms with van der Waals surface area (Å²) in [6, 6.07) is 4.99. The molecule has 192 valence electrons. The Labute approximate surface area is 208 Å². The fourth-order valence-electron chi connectivity index (χ4n) is 4.19. The quantitative estimate of drug-likeness (QED) is 0.397.